The Morgan fingerprint density at radius 3 is 2.36 bits per heavy atom. The summed E-state index contributed by atoms with van der Waals surface area (Å²) in [5, 5.41) is 8.81. The number of nitrogens with zero attached hydrogens (tertiary/aromatic N) is 2. The topological polar surface area (TPSA) is 117 Å². The van der Waals surface area contributed by atoms with E-state index in [1.807, 2.05) is 18.2 Å². The van der Waals surface area contributed by atoms with E-state index >= 15 is 0 Å². The molecule has 3 rings (SSSR count). The van der Waals surface area contributed by atoms with E-state index < -0.39 is 10.1 Å². The average Bonchev–Trinajstić information content (AvgIpc) is 2.78. The number of nitriles is 1. The summed E-state index contributed by atoms with van der Waals surface area (Å²) in [6.45, 7) is 5.92. The molecular formula is C25H29N3O4S. The lowest BCUT2D eigenvalue weighted by Crippen LogP contribution is -2.23. The minimum Gasteiger partial charge on any atom is -0.492 e. The molecule has 0 spiro atoms. The van der Waals surface area contributed by atoms with Gasteiger partial charge in [-0.15, -0.1) is 0 Å². The summed E-state index contributed by atoms with van der Waals surface area (Å²) < 4.78 is 35.2. The van der Waals surface area contributed by atoms with Crippen LogP contribution in [0.4, 0.5) is 11.4 Å². The summed E-state index contributed by atoms with van der Waals surface area (Å²) in [6.07, 6.45) is 0.542. The molecule has 0 bridgehead atoms. The SMILES string of the molecule is CCOc1ccc(S(=O)(=O)O)cc1N.Cc1cccc(N(CCC#N)Cc2ccccc2)c1. The van der Waals surface area contributed by atoms with Crippen LogP contribution in [0.15, 0.2) is 77.7 Å². The zero-order valence-corrected chi connectivity index (χ0v) is 19.6. The van der Waals surface area contributed by atoms with Gasteiger partial charge < -0.3 is 15.4 Å². The Balaban J connectivity index is 0.000000245. The molecule has 3 aromatic rings. The van der Waals surface area contributed by atoms with Crippen LogP contribution in [0, 0.1) is 18.3 Å². The lowest BCUT2D eigenvalue weighted by atomic mass is 10.1. The molecule has 33 heavy (non-hydrogen) atoms. The monoisotopic (exact) mass is 467 g/mol. The minimum atomic E-state index is -4.19. The molecule has 174 valence electrons. The van der Waals surface area contributed by atoms with E-state index in [4.69, 9.17) is 20.3 Å². The van der Waals surface area contributed by atoms with Crippen molar-refractivity contribution in [2.45, 2.75) is 31.7 Å². The smallest absolute Gasteiger partial charge is 0.294 e. The molecule has 3 aromatic carbocycles. The summed E-state index contributed by atoms with van der Waals surface area (Å²) in [5.74, 6) is 0.403. The van der Waals surface area contributed by atoms with Crippen LogP contribution in [0.25, 0.3) is 0 Å². The second-order valence-electron chi connectivity index (χ2n) is 7.26. The Kier molecular flexibility index (Phi) is 9.73. The van der Waals surface area contributed by atoms with Gasteiger partial charge in [-0.2, -0.15) is 13.7 Å². The van der Waals surface area contributed by atoms with Crippen LogP contribution in [-0.4, -0.2) is 26.1 Å². The Labute approximate surface area is 195 Å². The van der Waals surface area contributed by atoms with Crippen molar-refractivity contribution in [2.75, 3.05) is 23.8 Å². The first-order valence-electron chi connectivity index (χ1n) is 10.5. The fourth-order valence-corrected chi connectivity index (χ4v) is 3.60. The summed E-state index contributed by atoms with van der Waals surface area (Å²) in [4.78, 5) is 2.02. The Bertz CT molecular complexity index is 1180. The van der Waals surface area contributed by atoms with Gasteiger partial charge in [0.05, 0.1) is 29.7 Å². The zero-order chi connectivity index (χ0) is 24.3. The van der Waals surface area contributed by atoms with E-state index in [0.717, 1.165) is 19.2 Å². The van der Waals surface area contributed by atoms with Crippen molar-refractivity contribution in [3.63, 3.8) is 0 Å². The zero-order valence-electron chi connectivity index (χ0n) is 18.8. The molecule has 0 aliphatic carbocycles. The molecule has 0 unspecified atom stereocenters. The van der Waals surface area contributed by atoms with Crippen molar-refractivity contribution < 1.29 is 17.7 Å². The molecule has 0 saturated carbocycles. The van der Waals surface area contributed by atoms with Gasteiger partial charge in [0.2, 0.25) is 0 Å². The van der Waals surface area contributed by atoms with Gasteiger partial charge in [-0.05, 0) is 55.3 Å². The maximum atomic E-state index is 10.7. The largest absolute Gasteiger partial charge is 0.492 e. The van der Waals surface area contributed by atoms with E-state index in [0.29, 0.717) is 18.8 Å². The van der Waals surface area contributed by atoms with E-state index in [-0.39, 0.29) is 10.6 Å². The number of rotatable bonds is 8. The molecule has 0 atom stereocenters. The third-order valence-corrected chi connectivity index (χ3v) is 5.51. The predicted octanol–water partition coefficient (Wildman–Crippen LogP) is 4.83. The maximum absolute atomic E-state index is 10.7. The Morgan fingerprint density at radius 2 is 1.79 bits per heavy atom. The van der Waals surface area contributed by atoms with Gasteiger partial charge in [-0.25, -0.2) is 0 Å². The van der Waals surface area contributed by atoms with Crippen LogP contribution in [0.5, 0.6) is 5.75 Å². The van der Waals surface area contributed by atoms with Gasteiger partial charge in [0.25, 0.3) is 10.1 Å². The van der Waals surface area contributed by atoms with Crippen molar-refractivity contribution in [1.29, 1.82) is 5.26 Å². The molecule has 3 N–H and O–H groups in total. The first kappa shape index (κ1) is 25.7. The first-order chi connectivity index (χ1) is 15.7. The van der Waals surface area contributed by atoms with Crippen molar-refractivity contribution >= 4 is 21.5 Å². The number of hydrogen-bond donors (Lipinski definition) is 2. The fourth-order valence-electron chi connectivity index (χ4n) is 3.09. The van der Waals surface area contributed by atoms with Crippen LogP contribution in [0.2, 0.25) is 0 Å². The van der Waals surface area contributed by atoms with E-state index in [1.165, 1.54) is 28.9 Å². The quantitative estimate of drug-likeness (QED) is 0.360. The van der Waals surface area contributed by atoms with Gasteiger partial charge in [-0.3, -0.25) is 4.55 Å². The summed E-state index contributed by atoms with van der Waals surface area (Å²) in [5.41, 5.74) is 9.37. The molecule has 0 fully saturated rings. The highest BCUT2D eigenvalue weighted by Crippen LogP contribution is 2.24. The molecular weight excluding hydrogens is 438 g/mol. The lowest BCUT2D eigenvalue weighted by Gasteiger charge is -2.24. The molecule has 0 radical (unpaired) electrons. The summed E-state index contributed by atoms with van der Waals surface area (Å²) in [7, 11) is -4.19. The molecule has 0 heterocycles. The standard InChI is InChI=1S/C17H18N2.C8H11NO4S/c1-15-7-5-10-17(13-15)19(12-6-11-18)14-16-8-3-2-4-9-16;1-2-13-8-4-3-6(5-7(8)9)14(10,11)12/h2-5,7-10,13H,6,12,14H2,1H3;3-5H,2,9H2,1H3,(H,10,11,12). The van der Waals surface area contributed by atoms with Crippen molar-refractivity contribution in [1.82, 2.24) is 0 Å². The van der Waals surface area contributed by atoms with Gasteiger partial charge in [-0.1, -0.05) is 42.5 Å². The molecule has 7 nitrogen and oxygen atoms in total. The van der Waals surface area contributed by atoms with Crippen molar-refractivity contribution in [3.05, 3.63) is 83.9 Å². The molecule has 0 aliphatic heterocycles. The van der Waals surface area contributed by atoms with Gasteiger partial charge in [0.15, 0.2) is 0 Å². The van der Waals surface area contributed by atoms with E-state index in [2.05, 4.69) is 54.3 Å². The number of nitrogens with two attached hydrogens (primary N) is 1. The molecule has 0 saturated heterocycles. The minimum absolute atomic E-state index is 0.182. The summed E-state index contributed by atoms with van der Waals surface area (Å²) in [6, 6.07) is 24.8. The number of anilines is 2. The number of benzene rings is 3. The molecule has 0 aliphatic rings. The number of ether oxygens (including phenoxy) is 1. The molecule has 8 heteroatoms. The third-order valence-electron chi connectivity index (χ3n) is 4.66. The highest BCUT2D eigenvalue weighted by atomic mass is 32.2. The normalized spacial score (nSPS) is 10.5. The predicted molar refractivity (Wildman–Crippen MR) is 131 cm³/mol. The van der Waals surface area contributed by atoms with Crippen molar-refractivity contribution in [2.24, 2.45) is 0 Å². The maximum Gasteiger partial charge on any atom is 0.294 e. The second-order valence-corrected chi connectivity index (χ2v) is 8.68. The number of hydrogen-bond acceptors (Lipinski definition) is 6. The lowest BCUT2D eigenvalue weighted by molar-refractivity contribution is 0.342. The van der Waals surface area contributed by atoms with Gasteiger partial charge >= 0.3 is 0 Å². The number of aryl methyl sites for hydroxylation is 1. The average molecular weight is 468 g/mol. The van der Waals surface area contributed by atoms with E-state index in [9.17, 15) is 8.42 Å². The van der Waals surface area contributed by atoms with Gasteiger partial charge in [0, 0.05) is 18.8 Å². The summed E-state index contributed by atoms with van der Waals surface area (Å²) >= 11 is 0. The third kappa shape index (κ3) is 8.48. The van der Waals surface area contributed by atoms with Crippen LogP contribution < -0.4 is 15.4 Å². The van der Waals surface area contributed by atoms with Crippen molar-refractivity contribution in [3.8, 4) is 11.8 Å². The van der Waals surface area contributed by atoms with Crippen LogP contribution >= 0.6 is 0 Å². The molecule has 0 amide bonds. The Morgan fingerprint density at radius 1 is 1.06 bits per heavy atom. The fraction of sp³-hybridized carbons (Fsp3) is 0.240. The van der Waals surface area contributed by atoms with Crippen LogP contribution in [0.3, 0.4) is 0 Å². The highest BCUT2D eigenvalue weighted by Gasteiger charge is 2.11. The van der Waals surface area contributed by atoms with Crippen LogP contribution in [-0.2, 0) is 16.7 Å². The van der Waals surface area contributed by atoms with Crippen LogP contribution in [0.1, 0.15) is 24.5 Å². The van der Waals surface area contributed by atoms with Gasteiger partial charge in [0.1, 0.15) is 5.75 Å². The Hall–Kier alpha value is -3.54. The second kappa shape index (κ2) is 12.5. The number of nitrogen functional groups attached to an aromatic ring is 1. The highest BCUT2D eigenvalue weighted by molar-refractivity contribution is 7.85. The first-order valence-corrected chi connectivity index (χ1v) is 11.9. The molecule has 0 aromatic heterocycles. The van der Waals surface area contributed by atoms with E-state index in [1.54, 1.807) is 6.92 Å².